The van der Waals surface area contributed by atoms with Crippen LogP contribution in [0.1, 0.15) is 11.7 Å². The summed E-state index contributed by atoms with van der Waals surface area (Å²) < 4.78 is 0. The Labute approximate surface area is 327 Å². The molecule has 0 aromatic heterocycles. The fourth-order valence-electron chi connectivity index (χ4n) is 9.16. The normalized spacial score (nSPS) is 13.9. The highest BCUT2D eigenvalue weighted by Gasteiger charge is 2.35. The van der Waals surface area contributed by atoms with Crippen LogP contribution < -0.4 is 9.80 Å². The van der Waals surface area contributed by atoms with Gasteiger partial charge in [0.05, 0.1) is 11.4 Å². The summed E-state index contributed by atoms with van der Waals surface area (Å²) >= 11 is 0. The van der Waals surface area contributed by atoms with E-state index >= 15 is 0 Å². The lowest BCUT2D eigenvalue weighted by atomic mass is 9.84. The van der Waals surface area contributed by atoms with Gasteiger partial charge in [-0.05, 0) is 124 Å². The zero-order valence-electron chi connectivity index (χ0n) is 31.1. The molecule has 0 fully saturated rings. The van der Waals surface area contributed by atoms with Gasteiger partial charge in [0.25, 0.3) is 0 Å². The van der Waals surface area contributed by atoms with E-state index in [0.717, 1.165) is 0 Å². The van der Waals surface area contributed by atoms with Gasteiger partial charge >= 0.3 is 0 Å². The van der Waals surface area contributed by atoms with Crippen LogP contribution in [0.5, 0.6) is 0 Å². The second kappa shape index (κ2) is 13.0. The standard InChI is InChI=1S/C54H38N2/c1-55-50-21-11-12-22-51(50)56(45-17-3-2-4-18-45)54(55)39-27-23-38(24-28-39)42-31-32-48-49(35-42)53(44-30-26-37-14-6-8-16-41(37)34-44)47-20-10-9-19-46(47)52(48)43-29-25-36-13-5-7-15-40(36)33-43/h2-35,54H,1H3. The van der Waals surface area contributed by atoms with Crippen molar-refractivity contribution >= 4 is 60.2 Å². The Morgan fingerprint density at radius 3 is 1.46 bits per heavy atom. The summed E-state index contributed by atoms with van der Waals surface area (Å²) in [5.74, 6) is 0. The molecule has 0 spiro atoms. The summed E-state index contributed by atoms with van der Waals surface area (Å²) in [5, 5.41) is 10.0. The van der Waals surface area contributed by atoms with Crippen molar-refractivity contribution in [3.05, 3.63) is 212 Å². The Balaban J connectivity index is 1.10. The Hall–Kier alpha value is -7.16. The molecule has 0 bridgehead atoms. The molecule has 2 nitrogen and oxygen atoms in total. The van der Waals surface area contributed by atoms with Crippen LogP contribution in [0, 0.1) is 0 Å². The van der Waals surface area contributed by atoms with Crippen molar-refractivity contribution in [2.45, 2.75) is 6.17 Å². The van der Waals surface area contributed by atoms with Gasteiger partial charge < -0.3 is 9.80 Å². The predicted molar refractivity (Wildman–Crippen MR) is 239 cm³/mol. The van der Waals surface area contributed by atoms with Gasteiger partial charge in [0.1, 0.15) is 6.17 Å². The van der Waals surface area contributed by atoms with E-state index in [-0.39, 0.29) is 6.17 Å². The zero-order chi connectivity index (χ0) is 37.2. The van der Waals surface area contributed by atoms with Crippen LogP contribution in [0.25, 0.3) is 76.5 Å². The van der Waals surface area contributed by atoms with Crippen molar-refractivity contribution in [2.75, 3.05) is 16.8 Å². The topological polar surface area (TPSA) is 6.48 Å². The van der Waals surface area contributed by atoms with E-state index in [9.17, 15) is 0 Å². The lowest BCUT2D eigenvalue weighted by Crippen LogP contribution is -2.30. The Kier molecular flexibility index (Phi) is 7.50. The van der Waals surface area contributed by atoms with E-state index in [2.05, 4.69) is 223 Å². The van der Waals surface area contributed by atoms with Crippen LogP contribution in [0.4, 0.5) is 17.1 Å². The number of benzene rings is 10. The van der Waals surface area contributed by atoms with Crippen LogP contribution in [0.3, 0.4) is 0 Å². The molecule has 1 atom stereocenters. The van der Waals surface area contributed by atoms with E-state index < -0.39 is 0 Å². The third-order valence-corrected chi connectivity index (χ3v) is 11.8. The smallest absolute Gasteiger partial charge is 0.132 e. The van der Waals surface area contributed by atoms with Crippen molar-refractivity contribution in [3.63, 3.8) is 0 Å². The largest absolute Gasteiger partial charge is 0.349 e. The van der Waals surface area contributed by atoms with E-state index in [1.54, 1.807) is 0 Å². The van der Waals surface area contributed by atoms with Crippen molar-refractivity contribution in [1.82, 2.24) is 0 Å². The number of para-hydroxylation sites is 3. The van der Waals surface area contributed by atoms with Gasteiger partial charge in [0, 0.05) is 12.7 Å². The lowest BCUT2D eigenvalue weighted by Gasteiger charge is -2.31. The summed E-state index contributed by atoms with van der Waals surface area (Å²) in [7, 11) is 2.20. The summed E-state index contributed by atoms with van der Waals surface area (Å²) in [6.45, 7) is 0. The predicted octanol–water partition coefficient (Wildman–Crippen LogP) is 14.6. The maximum Gasteiger partial charge on any atom is 0.132 e. The maximum atomic E-state index is 2.45. The molecule has 1 aliphatic rings. The first-order valence-corrected chi connectivity index (χ1v) is 19.4. The molecule has 1 unspecified atom stereocenters. The first kappa shape index (κ1) is 32.3. The SMILES string of the molecule is CN1c2ccccc2N(c2ccccc2)C1c1ccc(-c2ccc3c(-c4ccc5ccccc5c4)c4ccccc4c(-c4ccc5ccccc5c4)c3c2)cc1. The molecule has 0 radical (unpaired) electrons. The maximum absolute atomic E-state index is 2.45. The third-order valence-electron chi connectivity index (χ3n) is 11.8. The molecule has 0 amide bonds. The van der Waals surface area contributed by atoms with E-state index in [0.29, 0.717) is 0 Å². The molecule has 0 saturated heterocycles. The minimum atomic E-state index is 0.0378. The lowest BCUT2D eigenvalue weighted by molar-refractivity contribution is 0.719. The molecule has 56 heavy (non-hydrogen) atoms. The fraction of sp³-hybridized carbons (Fsp3) is 0.0370. The first-order chi connectivity index (χ1) is 27.7. The molecular formula is C54H38N2. The van der Waals surface area contributed by atoms with Crippen molar-refractivity contribution < 1.29 is 0 Å². The van der Waals surface area contributed by atoms with E-state index in [1.807, 2.05) is 0 Å². The van der Waals surface area contributed by atoms with Crippen molar-refractivity contribution in [3.8, 4) is 33.4 Å². The minimum absolute atomic E-state index is 0.0378. The molecular weight excluding hydrogens is 677 g/mol. The van der Waals surface area contributed by atoms with Crippen LogP contribution in [0.2, 0.25) is 0 Å². The van der Waals surface area contributed by atoms with Crippen molar-refractivity contribution in [1.29, 1.82) is 0 Å². The van der Waals surface area contributed by atoms with Gasteiger partial charge in [0.15, 0.2) is 0 Å². The molecule has 0 saturated carbocycles. The molecule has 1 aliphatic heterocycles. The zero-order valence-corrected chi connectivity index (χ0v) is 31.1. The summed E-state index contributed by atoms with van der Waals surface area (Å²) in [6.07, 6.45) is 0.0378. The van der Waals surface area contributed by atoms with Gasteiger partial charge in [-0.2, -0.15) is 0 Å². The first-order valence-electron chi connectivity index (χ1n) is 19.4. The molecule has 0 N–H and O–H groups in total. The average molecular weight is 715 g/mol. The second-order valence-corrected chi connectivity index (χ2v) is 15.0. The number of hydrogen-bond acceptors (Lipinski definition) is 2. The van der Waals surface area contributed by atoms with Gasteiger partial charge in [-0.3, -0.25) is 0 Å². The second-order valence-electron chi connectivity index (χ2n) is 15.0. The van der Waals surface area contributed by atoms with Gasteiger partial charge in [-0.25, -0.2) is 0 Å². The average Bonchev–Trinajstić information content (AvgIpc) is 3.57. The Morgan fingerprint density at radius 1 is 0.339 bits per heavy atom. The molecule has 2 heteroatoms. The van der Waals surface area contributed by atoms with Crippen LogP contribution in [-0.2, 0) is 0 Å². The van der Waals surface area contributed by atoms with Gasteiger partial charge in [-0.15, -0.1) is 0 Å². The van der Waals surface area contributed by atoms with Gasteiger partial charge in [0.2, 0.25) is 0 Å². The summed E-state index contributed by atoms with van der Waals surface area (Å²) in [4.78, 5) is 4.85. The highest BCUT2D eigenvalue weighted by atomic mass is 15.4. The quantitative estimate of drug-likeness (QED) is 0.164. The molecule has 0 aliphatic carbocycles. The Bertz CT molecular complexity index is 3110. The number of fused-ring (bicyclic) bond motifs is 5. The molecule has 264 valence electrons. The van der Waals surface area contributed by atoms with Gasteiger partial charge in [-0.1, -0.05) is 164 Å². The number of rotatable bonds is 5. The number of hydrogen-bond donors (Lipinski definition) is 0. The van der Waals surface area contributed by atoms with E-state index in [1.165, 1.54) is 99.1 Å². The molecule has 10 aromatic rings. The number of anilines is 3. The summed E-state index contributed by atoms with van der Waals surface area (Å²) in [6, 6.07) is 75.9. The van der Waals surface area contributed by atoms with Crippen LogP contribution in [-0.4, -0.2) is 7.05 Å². The van der Waals surface area contributed by atoms with Crippen molar-refractivity contribution in [2.24, 2.45) is 0 Å². The monoisotopic (exact) mass is 714 g/mol. The third kappa shape index (κ3) is 5.18. The minimum Gasteiger partial charge on any atom is -0.349 e. The van der Waals surface area contributed by atoms with E-state index in [4.69, 9.17) is 0 Å². The Morgan fingerprint density at radius 2 is 0.821 bits per heavy atom. The molecule has 1 heterocycles. The highest BCUT2D eigenvalue weighted by molar-refractivity contribution is 6.22. The highest BCUT2D eigenvalue weighted by Crippen LogP contribution is 2.50. The van der Waals surface area contributed by atoms with Crippen LogP contribution >= 0.6 is 0 Å². The summed E-state index contributed by atoms with van der Waals surface area (Å²) in [5.41, 5.74) is 12.3. The number of nitrogens with zero attached hydrogens (tertiary/aromatic N) is 2. The molecule has 11 rings (SSSR count). The fourth-order valence-corrected chi connectivity index (χ4v) is 9.16. The van der Waals surface area contributed by atoms with Crippen LogP contribution in [0.15, 0.2) is 206 Å². The molecule has 10 aromatic carbocycles.